The van der Waals surface area contributed by atoms with Gasteiger partial charge in [-0.05, 0) is 55.8 Å². The molecule has 2 atom stereocenters. The number of nitrogens with zero attached hydrogens (tertiary/aromatic N) is 1. The zero-order chi connectivity index (χ0) is 16.8. The molecule has 0 aliphatic carbocycles. The van der Waals surface area contributed by atoms with Crippen LogP contribution in [0.1, 0.15) is 50.2 Å². The van der Waals surface area contributed by atoms with Crippen LogP contribution in [0.3, 0.4) is 0 Å². The fourth-order valence-electron chi connectivity index (χ4n) is 3.88. The van der Waals surface area contributed by atoms with Gasteiger partial charge < -0.3 is 10.6 Å². The molecule has 1 aromatic carbocycles. The summed E-state index contributed by atoms with van der Waals surface area (Å²) in [5.74, 6) is 0.975. The Balaban J connectivity index is 1.41. The van der Waals surface area contributed by atoms with Gasteiger partial charge in [0, 0.05) is 32.1 Å². The highest BCUT2D eigenvalue weighted by atomic mass is 16.1. The van der Waals surface area contributed by atoms with Crippen molar-refractivity contribution < 1.29 is 4.79 Å². The van der Waals surface area contributed by atoms with Gasteiger partial charge in [-0.25, -0.2) is 0 Å². The van der Waals surface area contributed by atoms with Crippen molar-refractivity contribution in [1.82, 2.24) is 15.5 Å². The van der Waals surface area contributed by atoms with E-state index in [4.69, 9.17) is 0 Å². The molecule has 0 bridgehead atoms. The third kappa shape index (κ3) is 5.32. The first-order chi connectivity index (χ1) is 11.7. The summed E-state index contributed by atoms with van der Waals surface area (Å²) < 4.78 is 0. The second kappa shape index (κ2) is 8.63. The van der Waals surface area contributed by atoms with Gasteiger partial charge in [-0.3, -0.25) is 9.69 Å². The predicted molar refractivity (Wildman–Crippen MR) is 97.6 cm³/mol. The molecule has 2 aliphatic heterocycles. The highest BCUT2D eigenvalue weighted by Crippen LogP contribution is 2.18. The number of rotatable bonds is 6. The van der Waals surface area contributed by atoms with Crippen LogP contribution < -0.4 is 10.6 Å². The number of carbonyl (C=O) groups excluding carboxylic acids is 1. The van der Waals surface area contributed by atoms with Gasteiger partial charge in [-0.1, -0.05) is 31.2 Å². The number of likely N-dealkylation sites (tertiary alicyclic amines) is 1. The van der Waals surface area contributed by atoms with Gasteiger partial charge in [0.2, 0.25) is 5.91 Å². The Bertz CT molecular complexity index is 522. The van der Waals surface area contributed by atoms with Crippen molar-refractivity contribution in [3.8, 4) is 0 Å². The first-order valence-electron chi connectivity index (χ1n) is 9.49. The minimum atomic E-state index is 0.154. The predicted octanol–water partition coefficient (Wildman–Crippen LogP) is 2.68. The van der Waals surface area contributed by atoms with E-state index in [1.54, 1.807) is 0 Å². The lowest BCUT2D eigenvalue weighted by Gasteiger charge is -2.30. The number of piperidine rings is 1. The van der Waals surface area contributed by atoms with Gasteiger partial charge in [0.1, 0.15) is 0 Å². The van der Waals surface area contributed by atoms with Crippen LogP contribution in [-0.2, 0) is 17.9 Å². The van der Waals surface area contributed by atoms with Crippen LogP contribution in [-0.4, -0.2) is 36.5 Å². The Hall–Kier alpha value is -1.39. The van der Waals surface area contributed by atoms with Crippen molar-refractivity contribution in [3.63, 3.8) is 0 Å². The van der Waals surface area contributed by atoms with Crippen molar-refractivity contribution in [3.05, 3.63) is 35.4 Å². The van der Waals surface area contributed by atoms with Gasteiger partial charge in [0.25, 0.3) is 0 Å². The van der Waals surface area contributed by atoms with Gasteiger partial charge >= 0.3 is 0 Å². The molecule has 0 radical (unpaired) electrons. The number of amides is 1. The summed E-state index contributed by atoms with van der Waals surface area (Å²) in [5.41, 5.74) is 2.55. The van der Waals surface area contributed by atoms with Gasteiger partial charge in [0.15, 0.2) is 0 Å². The van der Waals surface area contributed by atoms with Crippen molar-refractivity contribution in [2.24, 2.45) is 5.92 Å². The molecule has 2 heterocycles. The minimum Gasteiger partial charge on any atom is -0.352 e. The molecule has 0 saturated carbocycles. The SMILES string of the molecule is CC1CCCN(Cc2ccc(CNC(=O)CC3CCCN3)cc2)C1. The second-order valence-electron chi connectivity index (χ2n) is 7.57. The minimum absolute atomic E-state index is 0.154. The highest BCUT2D eigenvalue weighted by molar-refractivity contribution is 5.76. The van der Waals surface area contributed by atoms with Crippen LogP contribution >= 0.6 is 0 Å². The number of hydrogen-bond donors (Lipinski definition) is 2. The topological polar surface area (TPSA) is 44.4 Å². The van der Waals surface area contributed by atoms with E-state index in [0.717, 1.165) is 25.4 Å². The number of nitrogens with one attached hydrogen (secondary N) is 2. The van der Waals surface area contributed by atoms with Crippen LogP contribution in [0.15, 0.2) is 24.3 Å². The molecule has 2 aliphatic rings. The maximum absolute atomic E-state index is 12.0. The van der Waals surface area contributed by atoms with E-state index in [0.29, 0.717) is 19.0 Å². The molecular formula is C20H31N3O. The van der Waals surface area contributed by atoms with E-state index in [1.165, 1.54) is 43.5 Å². The average Bonchev–Trinajstić information content (AvgIpc) is 3.07. The first kappa shape index (κ1) is 17.4. The lowest BCUT2D eigenvalue weighted by atomic mass is 9.99. The molecule has 2 fully saturated rings. The van der Waals surface area contributed by atoms with Crippen LogP contribution in [0.4, 0.5) is 0 Å². The molecule has 1 amide bonds. The Morgan fingerprint density at radius 3 is 2.71 bits per heavy atom. The Labute approximate surface area is 146 Å². The highest BCUT2D eigenvalue weighted by Gasteiger charge is 2.18. The molecular weight excluding hydrogens is 298 g/mol. The van der Waals surface area contributed by atoms with Gasteiger partial charge in [-0.2, -0.15) is 0 Å². The van der Waals surface area contributed by atoms with E-state index in [1.807, 2.05) is 0 Å². The summed E-state index contributed by atoms with van der Waals surface area (Å²) in [6, 6.07) is 9.09. The van der Waals surface area contributed by atoms with Crippen molar-refractivity contribution >= 4 is 5.91 Å². The Kier molecular flexibility index (Phi) is 6.27. The molecule has 132 valence electrons. The van der Waals surface area contributed by atoms with Crippen LogP contribution in [0.2, 0.25) is 0 Å². The van der Waals surface area contributed by atoms with Crippen LogP contribution in [0, 0.1) is 5.92 Å². The van der Waals surface area contributed by atoms with Gasteiger partial charge in [-0.15, -0.1) is 0 Å². The zero-order valence-corrected chi connectivity index (χ0v) is 14.9. The number of benzene rings is 1. The molecule has 4 heteroatoms. The molecule has 0 aromatic heterocycles. The van der Waals surface area contributed by atoms with Gasteiger partial charge in [0.05, 0.1) is 0 Å². The first-order valence-corrected chi connectivity index (χ1v) is 9.49. The lowest BCUT2D eigenvalue weighted by Crippen LogP contribution is -2.33. The van der Waals surface area contributed by atoms with E-state index in [-0.39, 0.29) is 5.91 Å². The maximum atomic E-state index is 12.0. The molecule has 1 aromatic rings. The van der Waals surface area contributed by atoms with Crippen LogP contribution in [0.5, 0.6) is 0 Å². The van der Waals surface area contributed by atoms with Crippen molar-refractivity contribution in [1.29, 1.82) is 0 Å². The van der Waals surface area contributed by atoms with E-state index < -0.39 is 0 Å². The Morgan fingerprint density at radius 2 is 2.00 bits per heavy atom. The quantitative estimate of drug-likeness (QED) is 0.843. The molecule has 2 saturated heterocycles. The summed E-state index contributed by atoms with van der Waals surface area (Å²) in [5, 5.41) is 6.41. The van der Waals surface area contributed by atoms with E-state index in [2.05, 4.69) is 46.7 Å². The molecule has 4 nitrogen and oxygen atoms in total. The Morgan fingerprint density at radius 1 is 1.21 bits per heavy atom. The van der Waals surface area contributed by atoms with Crippen LogP contribution in [0.25, 0.3) is 0 Å². The average molecular weight is 329 g/mol. The molecule has 0 spiro atoms. The normalized spacial score (nSPS) is 24.9. The van der Waals surface area contributed by atoms with Crippen molar-refractivity contribution in [2.75, 3.05) is 19.6 Å². The molecule has 2 N–H and O–H groups in total. The van der Waals surface area contributed by atoms with E-state index in [9.17, 15) is 4.79 Å². The smallest absolute Gasteiger partial charge is 0.221 e. The fourth-order valence-corrected chi connectivity index (χ4v) is 3.88. The van der Waals surface area contributed by atoms with Crippen molar-refractivity contribution in [2.45, 2.75) is 58.2 Å². The number of hydrogen-bond acceptors (Lipinski definition) is 3. The molecule has 3 rings (SSSR count). The second-order valence-corrected chi connectivity index (χ2v) is 7.57. The summed E-state index contributed by atoms with van der Waals surface area (Å²) >= 11 is 0. The summed E-state index contributed by atoms with van der Waals surface area (Å²) in [6.07, 6.45) is 5.60. The monoisotopic (exact) mass is 329 g/mol. The number of carbonyl (C=O) groups is 1. The molecule has 2 unspecified atom stereocenters. The molecule has 24 heavy (non-hydrogen) atoms. The fraction of sp³-hybridized carbons (Fsp3) is 0.650. The zero-order valence-electron chi connectivity index (χ0n) is 14.9. The third-order valence-corrected chi connectivity index (χ3v) is 5.25. The summed E-state index contributed by atoms with van der Waals surface area (Å²) in [6.45, 7) is 7.51. The largest absolute Gasteiger partial charge is 0.352 e. The lowest BCUT2D eigenvalue weighted by molar-refractivity contribution is -0.121. The maximum Gasteiger partial charge on any atom is 0.221 e. The van der Waals surface area contributed by atoms with E-state index >= 15 is 0 Å². The summed E-state index contributed by atoms with van der Waals surface area (Å²) in [4.78, 5) is 14.5. The summed E-state index contributed by atoms with van der Waals surface area (Å²) in [7, 11) is 0. The third-order valence-electron chi connectivity index (χ3n) is 5.25. The standard InChI is InChI=1S/C20H31N3O/c1-16-4-3-11-23(14-16)15-18-8-6-17(7-9-18)13-22-20(24)12-19-5-2-10-21-19/h6-9,16,19,21H,2-5,10-15H2,1H3,(H,22,24).